The van der Waals surface area contributed by atoms with E-state index in [9.17, 15) is 29.1 Å². The van der Waals surface area contributed by atoms with Crippen molar-refractivity contribution in [2.75, 3.05) is 19.6 Å². The number of carbonyl (C=O) groups is 6. The first kappa shape index (κ1) is 74.2. The number of rotatable bonds is 25. The van der Waals surface area contributed by atoms with E-state index in [0.29, 0.717) is 28.6 Å². The van der Waals surface area contributed by atoms with Crippen molar-refractivity contribution in [2.24, 2.45) is 16.7 Å². The zero-order valence-corrected chi connectivity index (χ0v) is 62.3. The molecule has 3 aromatic carbocycles. The van der Waals surface area contributed by atoms with Gasteiger partial charge in [-0.25, -0.2) is 15.0 Å². The van der Waals surface area contributed by atoms with Crippen LogP contribution in [-0.2, 0) is 71.1 Å². The Kier molecular flexibility index (Phi) is 22.4. The van der Waals surface area contributed by atoms with Gasteiger partial charge in [0.2, 0.25) is 35.4 Å². The van der Waals surface area contributed by atoms with E-state index in [1.165, 1.54) is 11.3 Å². The fourth-order valence-corrected chi connectivity index (χ4v) is 15.8. The van der Waals surface area contributed by atoms with Gasteiger partial charge in [0.25, 0.3) is 0 Å². The number of ether oxygens (including phenoxy) is 2. The SMILES string of the molecule is Cc1cc([C@H](C(=O)N2C[C@H](OCc3cc([C@H](C(=O)N4C[C@H](OCc5cc([C@H](C(=O)N6C[C@H](O)C[C@H]6C(=O)NCc6ccc(-c7scnc7C)cc6)C(C)C)on5)C[C@H]4C(=O)NCc4ccc(-c5scnc5C)cc4)C(C)(C)C)on3)C[C@H]2C(=O)NCc2ccc(-c3ocnc3C)cc2)C(C)(C)C)on1. The second-order valence-corrected chi connectivity index (χ2v) is 31.6. The number of aliphatic hydroxyl groups is 1. The second kappa shape index (κ2) is 31.4. The number of oxazole rings is 1. The van der Waals surface area contributed by atoms with Crippen LogP contribution in [0.25, 0.3) is 32.2 Å². The maximum Gasteiger partial charge on any atom is 0.243 e. The minimum absolute atomic E-state index is 0.0143. The van der Waals surface area contributed by atoms with Crippen molar-refractivity contribution in [3.05, 3.63) is 177 Å². The second-order valence-electron chi connectivity index (χ2n) is 29.9. The number of amides is 6. The normalized spacial score (nSPS) is 19.4. The molecule has 9 aromatic rings. The van der Waals surface area contributed by atoms with Crippen molar-refractivity contribution < 1.29 is 61.3 Å². The molecule has 0 unspecified atom stereocenters. The van der Waals surface area contributed by atoms with Gasteiger partial charge >= 0.3 is 0 Å². The molecule has 4 N–H and O–H groups in total. The van der Waals surface area contributed by atoms with Crippen LogP contribution in [0.3, 0.4) is 0 Å². The molecular weight excluding hydrogens is 1370 g/mol. The predicted molar refractivity (Wildman–Crippen MR) is 387 cm³/mol. The Bertz CT molecular complexity index is 4500. The topological polar surface area (TPSA) is 317 Å². The zero-order valence-electron chi connectivity index (χ0n) is 60.6. The van der Waals surface area contributed by atoms with Crippen molar-refractivity contribution in [1.29, 1.82) is 0 Å². The van der Waals surface area contributed by atoms with Crippen LogP contribution >= 0.6 is 22.7 Å². The molecule has 6 aromatic heterocycles. The summed E-state index contributed by atoms with van der Waals surface area (Å²) in [4.78, 5) is 108. The molecule has 3 aliphatic rings. The standard InChI is InChI=1S/C77H90N12O13S2/c1-42(2)64(73(94)87-34-55(90)28-58(87)70(91)78-32-48-15-21-51(22-16-48)68-45(5)82-40-103-68)61-26-53(85-100-61)37-97-56-29-60(72(93)80-33-49-17-23-52(24-18-49)69-46(6)83-41-104-69)89(36-56)75(96)66(77(10,11)12)63-27-54(86-102-63)38-98-57-30-59(88(35-57)74(95)65(76(7,8)9)62-25-43(3)84-101-62)71(92)79-31-47-13-19-50(20-14-47)67-44(4)81-39-99-67/h13-27,39-42,55-60,64-66,90H,28-38H2,1-12H3,(H,78,91)(H,79,92)(H,80,93)/t55-,56-,57-,58+,59+,60+,64-,65-,66-/m1/s1. The van der Waals surface area contributed by atoms with Gasteiger partial charge in [-0.15, -0.1) is 22.7 Å². The van der Waals surface area contributed by atoms with E-state index in [1.54, 1.807) is 63.1 Å². The third-order valence-corrected chi connectivity index (χ3v) is 21.6. The molecule has 548 valence electrons. The summed E-state index contributed by atoms with van der Waals surface area (Å²) in [7, 11) is 0. The first-order valence-electron chi connectivity index (χ1n) is 35.1. The molecule has 3 fully saturated rings. The fraction of sp³-hybridized carbons (Fsp3) is 0.455. The van der Waals surface area contributed by atoms with Crippen LogP contribution in [-0.4, -0.2) is 142 Å². The Morgan fingerprint density at radius 1 is 0.529 bits per heavy atom. The average Bonchev–Trinajstić information content (AvgIpc) is 1.60. The van der Waals surface area contributed by atoms with Crippen LogP contribution in [0.2, 0.25) is 0 Å². The number of benzene rings is 3. The van der Waals surface area contributed by atoms with E-state index in [0.717, 1.165) is 60.2 Å². The van der Waals surface area contributed by atoms with Crippen LogP contribution in [0, 0.1) is 44.4 Å². The highest BCUT2D eigenvalue weighted by atomic mass is 32.1. The first-order chi connectivity index (χ1) is 49.6. The van der Waals surface area contributed by atoms with Crippen LogP contribution in [0.4, 0.5) is 0 Å². The lowest BCUT2D eigenvalue weighted by atomic mass is 9.78. The van der Waals surface area contributed by atoms with E-state index in [4.69, 9.17) is 27.5 Å². The summed E-state index contributed by atoms with van der Waals surface area (Å²) in [6.45, 7) is 23.3. The molecule has 104 heavy (non-hydrogen) atoms. The van der Waals surface area contributed by atoms with Crippen LogP contribution in [0.1, 0.15) is 161 Å². The summed E-state index contributed by atoms with van der Waals surface area (Å²) in [5.74, 6) is -3.62. The molecule has 9 atom stereocenters. The molecule has 12 rings (SSSR count). The maximum atomic E-state index is 15.5. The van der Waals surface area contributed by atoms with Crippen LogP contribution < -0.4 is 16.0 Å². The smallest absolute Gasteiger partial charge is 0.243 e. The summed E-state index contributed by atoms with van der Waals surface area (Å²) in [5, 5.41) is 32.9. The molecule has 25 nitrogen and oxygen atoms in total. The quantitative estimate of drug-likeness (QED) is 0.0413. The summed E-state index contributed by atoms with van der Waals surface area (Å²) >= 11 is 3.11. The van der Waals surface area contributed by atoms with Gasteiger partial charge in [0.1, 0.15) is 64.5 Å². The molecule has 3 saturated heterocycles. The molecule has 0 bridgehead atoms. The lowest BCUT2D eigenvalue weighted by Crippen LogP contribution is -2.49. The number of likely N-dealkylation sites (tertiary alicyclic amines) is 3. The Hall–Kier alpha value is -9.54. The molecule has 6 amide bonds. The number of β-amino-alcohol motifs (C(OH)–C–C–N with tert-alkyl or cyclic N) is 1. The van der Waals surface area contributed by atoms with Gasteiger partial charge in [-0.2, -0.15) is 0 Å². The zero-order chi connectivity index (χ0) is 73.9. The van der Waals surface area contributed by atoms with Gasteiger partial charge in [0, 0.05) is 82.3 Å². The maximum absolute atomic E-state index is 15.5. The van der Waals surface area contributed by atoms with E-state index in [1.807, 2.05) is 154 Å². The summed E-state index contributed by atoms with van der Waals surface area (Å²) < 4.78 is 36.4. The van der Waals surface area contributed by atoms with E-state index in [2.05, 4.69) is 46.4 Å². The van der Waals surface area contributed by atoms with Gasteiger partial charge in [0.05, 0.1) is 75.1 Å². The lowest BCUT2D eigenvalue weighted by Gasteiger charge is -2.33. The molecule has 3 aliphatic heterocycles. The Labute approximate surface area is 611 Å². The first-order valence-corrected chi connectivity index (χ1v) is 36.9. The van der Waals surface area contributed by atoms with Gasteiger partial charge < -0.3 is 63.2 Å². The molecule has 27 heteroatoms. The number of aliphatic hydroxyl groups excluding tert-OH is 1. The number of thiazole rings is 2. The monoisotopic (exact) mass is 1450 g/mol. The predicted octanol–water partition coefficient (Wildman–Crippen LogP) is 11.1. The minimum Gasteiger partial charge on any atom is -0.443 e. The van der Waals surface area contributed by atoms with E-state index in [-0.39, 0.29) is 107 Å². The average molecular weight is 1460 g/mol. The molecule has 0 spiro atoms. The third-order valence-electron chi connectivity index (χ3n) is 19.6. The van der Waals surface area contributed by atoms with Crippen molar-refractivity contribution in [3.63, 3.8) is 0 Å². The fourth-order valence-electron chi connectivity index (χ4n) is 14.2. The number of aryl methyl sites for hydroxylation is 4. The molecule has 0 saturated carbocycles. The lowest BCUT2D eigenvalue weighted by molar-refractivity contribution is -0.142. The summed E-state index contributed by atoms with van der Waals surface area (Å²) in [6.07, 6.45) is -0.463. The molecule has 0 radical (unpaired) electrons. The van der Waals surface area contributed by atoms with Gasteiger partial charge in [-0.05, 0) is 72.3 Å². The van der Waals surface area contributed by atoms with Crippen LogP contribution in [0.15, 0.2) is 126 Å². The number of carbonyl (C=O) groups excluding carboxylic acids is 6. The molecular formula is C77H90N12O13S2. The number of nitrogens with zero attached hydrogens (tertiary/aromatic N) is 9. The minimum atomic E-state index is -0.989. The largest absolute Gasteiger partial charge is 0.443 e. The van der Waals surface area contributed by atoms with E-state index < -0.39 is 82.7 Å². The molecule has 0 aliphatic carbocycles. The number of nitrogens with one attached hydrogen (secondary N) is 3. The van der Waals surface area contributed by atoms with Crippen molar-refractivity contribution >= 4 is 58.1 Å². The number of hydrogen-bond acceptors (Lipinski definition) is 21. The van der Waals surface area contributed by atoms with E-state index >= 15 is 4.79 Å². The van der Waals surface area contributed by atoms with Crippen molar-refractivity contribution in [3.8, 4) is 32.2 Å². The van der Waals surface area contributed by atoms with Gasteiger partial charge in [-0.3, -0.25) is 28.8 Å². The number of hydrogen-bond donors (Lipinski definition) is 4. The summed E-state index contributed by atoms with van der Waals surface area (Å²) in [6, 6.07) is 25.6. The highest BCUT2D eigenvalue weighted by Crippen LogP contribution is 2.42. The van der Waals surface area contributed by atoms with Gasteiger partial charge in [0.15, 0.2) is 12.2 Å². The Morgan fingerprint density at radius 3 is 1.35 bits per heavy atom. The summed E-state index contributed by atoms with van der Waals surface area (Å²) in [5.41, 5.74) is 11.6. The van der Waals surface area contributed by atoms with Crippen molar-refractivity contribution in [1.82, 2.24) is 61.1 Å². The third kappa shape index (κ3) is 16.8. The highest BCUT2D eigenvalue weighted by molar-refractivity contribution is 7.13. The highest BCUT2D eigenvalue weighted by Gasteiger charge is 2.50. The number of aromatic nitrogens is 6. The van der Waals surface area contributed by atoms with Crippen LogP contribution in [0.5, 0.6) is 0 Å². The van der Waals surface area contributed by atoms with Gasteiger partial charge in [-0.1, -0.05) is 144 Å². The Morgan fingerprint density at radius 2 is 0.942 bits per heavy atom. The van der Waals surface area contributed by atoms with Crippen molar-refractivity contribution in [2.45, 2.75) is 189 Å². The molecule has 9 heterocycles. The Balaban J connectivity index is 0.727.